The number of carboxylic acid groups (broad SMARTS) is 1. The summed E-state index contributed by atoms with van der Waals surface area (Å²) in [6.45, 7) is 0. The molecule has 0 bridgehead atoms. The average molecular weight is 535 g/mol. The summed E-state index contributed by atoms with van der Waals surface area (Å²) in [4.78, 5) is 25.2. The zero-order valence-corrected chi connectivity index (χ0v) is 21.0. The first kappa shape index (κ1) is 25.0. The van der Waals surface area contributed by atoms with Crippen molar-refractivity contribution in [3.63, 3.8) is 0 Å². The van der Waals surface area contributed by atoms with E-state index in [4.69, 9.17) is 28.4 Å². The number of carbonyl (C=O) groups excluding carboxylic acids is 1. The van der Waals surface area contributed by atoms with Crippen molar-refractivity contribution in [2.75, 3.05) is 42.7 Å². The lowest BCUT2D eigenvalue weighted by atomic mass is 9.88. The number of fused-ring (bicyclic) bond motifs is 1. The van der Waals surface area contributed by atoms with Gasteiger partial charge in [-0.15, -0.1) is 0 Å². The summed E-state index contributed by atoms with van der Waals surface area (Å²) >= 11 is 3.46. The molecule has 3 aromatic carbocycles. The molecule has 0 unspecified atom stereocenters. The van der Waals surface area contributed by atoms with E-state index in [9.17, 15) is 14.7 Å². The highest BCUT2D eigenvalue weighted by Gasteiger charge is 2.30. The van der Waals surface area contributed by atoms with Crippen LogP contribution < -0.4 is 23.7 Å². The quantitative estimate of drug-likeness (QED) is 0.407. The molecule has 3 rings (SSSR count). The van der Waals surface area contributed by atoms with Crippen molar-refractivity contribution in [2.45, 2.75) is 0 Å². The van der Waals surface area contributed by atoms with Crippen molar-refractivity contribution in [1.82, 2.24) is 0 Å². The number of rotatable bonds is 8. The van der Waals surface area contributed by atoms with Gasteiger partial charge in [-0.25, -0.2) is 9.59 Å². The number of halogens is 1. The lowest BCUT2D eigenvalue weighted by molar-refractivity contribution is 0.0584. The summed E-state index contributed by atoms with van der Waals surface area (Å²) in [6.07, 6.45) is 0. The smallest absolute Gasteiger partial charge is 0.339 e. The minimum absolute atomic E-state index is 0.160. The second-order valence-electron chi connectivity index (χ2n) is 6.91. The highest BCUT2D eigenvalue weighted by Crippen LogP contribution is 2.50. The second-order valence-corrected chi connectivity index (χ2v) is 7.76. The molecule has 180 valence electrons. The number of hydrogen-bond acceptors (Lipinski definition) is 8. The molecule has 0 saturated carbocycles. The summed E-state index contributed by atoms with van der Waals surface area (Å²) in [5.74, 6) is -0.508. The summed E-state index contributed by atoms with van der Waals surface area (Å²) < 4.78 is 33.0. The van der Waals surface area contributed by atoms with Gasteiger partial charge < -0.3 is 33.5 Å². The molecule has 0 radical (unpaired) electrons. The van der Waals surface area contributed by atoms with Crippen molar-refractivity contribution in [2.24, 2.45) is 0 Å². The van der Waals surface area contributed by atoms with Crippen LogP contribution in [0.15, 0.2) is 28.7 Å². The summed E-state index contributed by atoms with van der Waals surface area (Å²) in [6, 6.07) is 6.30. The standard InChI is InChI=1S/C24H23BrO9/c1-29-15-10-12(8-14(25)20(15)31-3)17-18-11(7-13(23(26)27)19(17)24(28)34-6)9-16(30-2)21(32-4)22(18)33-5/h7-10H,1-6H3,(H,26,27). The van der Waals surface area contributed by atoms with Gasteiger partial charge in [0.15, 0.2) is 23.0 Å². The van der Waals surface area contributed by atoms with Crippen LogP contribution in [-0.4, -0.2) is 59.7 Å². The van der Waals surface area contributed by atoms with Gasteiger partial charge in [0, 0.05) is 10.9 Å². The third-order valence-corrected chi connectivity index (χ3v) is 5.86. The summed E-state index contributed by atoms with van der Waals surface area (Å²) in [5.41, 5.74) is 0.284. The van der Waals surface area contributed by atoms with Crippen LogP contribution >= 0.6 is 15.9 Å². The Kier molecular flexibility index (Phi) is 7.41. The van der Waals surface area contributed by atoms with Gasteiger partial charge in [-0.3, -0.25) is 0 Å². The Labute approximate surface area is 204 Å². The fourth-order valence-corrected chi connectivity index (χ4v) is 4.47. The maximum Gasteiger partial charge on any atom is 0.339 e. The van der Waals surface area contributed by atoms with Gasteiger partial charge in [0.1, 0.15) is 0 Å². The number of aromatic carboxylic acids is 1. The lowest BCUT2D eigenvalue weighted by Gasteiger charge is -2.21. The van der Waals surface area contributed by atoms with Crippen LogP contribution in [0.2, 0.25) is 0 Å². The van der Waals surface area contributed by atoms with Gasteiger partial charge in [-0.1, -0.05) is 0 Å². The predicted octanol–water partition coefficient (Wildman–Crippen LogP) is 4.80. The van der Waals surface area contributed by atoms with Crippen molar-refractivity contribution >= 4 is 38.6 Å². The van der Waals surface area contributed by atoms with Crippen molar-refractivity contribution in [3.8, 4) is 39.9 Å². The molecule has 0 aliphatic carbocycles. The Balaban J connectivity index is 2.68. The number of methoxy groups -OCH3 is 6. The van der Waals surface area contributed by atoms with Crippen LogP contribution in [0.5, 0.6) is 28.7 Å². The number of carbonyl (C=O) groups is 2. The van der Waals surface area contributed by atoms with E-state index in [-0.39, 0.29) is 28.2 Å². The maximum atomic E-state index is 13.0. The molecule has 1 N–H and O–H groups in total. The Morgan fingerprint density at radius 2 is 1.35 bits per heavy atom. The average Bonchev–Trinajstić information content (AvgIpc) is 2.84. The molecule has 9 nitrogen and oxygen atoms in total. The number of esters is 1. The molecule has 0 amide bonds. The summed E-state index contributed by atoms with van der Waals surface area (Å²) in [5, 5.41) is 10.8. The normalized spacial score (nSPS) is 10.6. The number of benzene rings is 3. The Bertz CT molecular complexity index is 1280. The number of hydrogen-bond donors (Lipinski definition) is 1. The van der Waals surface area contributed by atoms with E-state index in [1.807, 2.05) is 0 Å². The van der Waals surface area contributed by atoms with Gasteiger partial charge in [0.2, 0.25) is 5.75 Å². The van der Waals surface area contributed by atoms with Crippen LogP contribution in [0.25, 0.3) is 21.9 Å². The van der Waals surface area contributed by atoms with E-state index < -0.39 is 11.9 Å². The minimum Gasteiger partial charge on any atom is -0.493 e. The van der Waals surface area contributed by atoms with Crippen LogP contribution in [0.4, 0.5) is 0 Å². The highest BCUT2D eigenvalue weighted by molar-refractivity contribution is 9.10. The Morgan fingerprint density at radius 1 is 0.765 bits per heavy atom. The van der Waals surface area contributed by atoms with Crippen LogP contribution in [0.1, 0.15) is 20.7 Å². The van der Waals surface area contributed by atoms with E-state index in [0.717, 1.165) is 0 Å². The molecular weight excluding hydrogens is 512 g/mol. The highest BCUT2D eigenvalue weighted by atomic mass is 79.9. The van der Waals surface area contributed by atoms with Gasteiger partial charge in [0.25, 0.3) is 0 Å². The zero-order chi connectivity index (χ0) is 25.2. The first-order valence-electron chi connectivity index (χ1n) is 9.80. The van der Waals surface area contributed by atoms with Gasteiger partial charge in [0.05, 0.1) is 58.3 Å². The molecule has 0 aromatic heterocycles. The molecule has 0 heterocycles. The van der Waals surface area contributed by atoms with Crippen molar-refractivity contribution in [1.29, 1.82) is 0 Å². The third kappa shape index (κ3) is 4.05. The molecular formula is C24H23BrO9. The van der Waals surface area contributed by atoms with Gasteiger partial charge in [-0.2, -0.15) is 0 Å². The topological polar surface area (TPSA) is 110 Å². The van der Waals surface area contributed by atoms with E-state index in [1.54, 1.807) is 18.2 Å². The van der Waals surface area contributed by atoms with Crippen molar-refractivity contribution in [3.05, 3.63) is 39.9 Å². The molecule has 0 aliphatic rings. The van der Waals surface area contributed by atoms with Gasteiger partial charge in [-0.05, 0) is 51.1 Å². The largest absolute Gasteiger partial charge is 0.493 e. The molecule has 0 fully saturated rings. The fraction of sp³-hybridized carbons (Fsp3) is 0.250. The lowest BCUT2D eigenvalue weighted by Crippen LogP contribution is -2.13. The van der Waals surface area contributed by atoms with Crippen LogP contribution in [-0.2, 0) is 4.74 Å². The fourth-order valence-electron chi connectivity index (χ4n) is 3.87. The molecule has 34 heavy (non-hydrogen) atoms. The molecule has 0 atom stereocenters. The first-order chi connectivity index (χ1) is 16.3. The van der Waals surface area contributed by atoms with E-state index in [1.165, 1.54) is 48.7 Å². The second kappa shape index (κ2) is 10.1. The SMILES string of the molecule is COC(=O)c1c(C(=O)O)cc2cc(OC)c(OC)c(OC)c2c1-c1cc(Br)c(OC)c(OC)c1. The molecule has 0 saturated heterocycles. The van der Waals surface area contributed by atoms with Crippen LogP contribution in [0, 0.1) is 0 Å². The summed E-state index contributed by atoms with van der Waals surface area (Å²) in [7, 11) is 8.48. The third-order valence-electron chi connectivity index (χ3n) is 5.27. The molecule has 0 aliphatic heterocycles. The number of ether oxygens (including phenoxy) is 6. The predicted molar refractivity (Wildman–Crippen MR) is 128 cm³/mol. The zero-order valence-electron chi connectivity index (χ0n) is 19.4. The molecule has 3 aromatic rings. The van der Waals surface area contributed by atoms with E-state index in [2.05, 4.69) is 15.9 Å². The van der Waals surface area contributed by atoms with E-state index >= 15 is 0 Å². The van der Waals surface area contributed by atoms with Crippen molar-refractivity contribution < 1.29 is 43.1 Å². The Morgan fingerprint density at radius 3 is 1.85 bits per heavy atom. The molecule has 10 heteroatoms. The number of carboxylic acids is 1. The van der Waals surface area contributed by atoms with Gasteiger partial charge >= 0.3 is 11.9 Å². The van der Waals surface area contributed by atoms with E-state index in [0.29, 0.717) is 38.1 Å². The molecule has 0 spiro atoms. The Hall–Kier alpha value is -3.66. The minimum atomic E-state index is -1.31. The maximum absolute atomic E-state index is 13.0. The van der Waals surface area contributed by atoms with Crippen LogP contribution in [0.3, 0.4) is 0 Å². The first-order valence-corrected chi connectivity index (χ1v) is 10.6. The monoisotopic (exact) mass is 534 g/mol.